The molecule has 1 saturated heterocycles. The highest BCUT2D eigenvalue weighted by molar-refractivity contribution is 6.11. The maximum absolute atomic E-state index is 13.2. The van der Waals surface area contributed by atoms with Gasteiger partial charge in [0.25, 0.3) is 0 Å². The summed E-state index contributed by atoms with van der Waals surface area (Å²) in [5.74, 6) is 0.283. The maximum Gasteiger partial charge on any atom is 0.198 e. The lowest BCUT2D eigenvalue weighted by Crippen LogP contribution is -2.33. The van der Waals surface area contributed by atoms with Crippen LogP contribution in [-0.2, 0) is 0 Å². The molecule has 2 heterocycles. The number of anilines is 1. The van der Waals surface area contributed by atoms with Gasteiger partial charge in [0.15, 0.2) is 5.78 Å². The Morgan fingerprint density at radius 2 is 1.84 bits per heavy atom. The number of ketones is 1. The zero-order chi connectivity index (χ0) is 20.9. The molecule has 1 aromatic heterocycles. The van der Waals surface area contributed by atoms with Crippen LogP contribution in [0.4, 0.5) is 10.2 Å². The SMILES string of the molecule is Cl.Nc1c(C(=O)c2cccc(OCCN3CCCCC3)c2)cnn1-c1ccc(F)cc1. The summed E-state index contributed by atoms with van der Waals surface area (Å²) in [5.41, 5.74) is 7.53. The van der Waals surface area contributed by atoms with Gasteiger partial charge in [-0.05, 0) is 62.3 Å². The van der Waals surface area contributed by atoms with E-state index in [9.17, 15) is 9.18 Å². The molecule has 1 aliphatic rings. The molecule has 3 aromatic rings. The van der Waals surface area contributed by atoms with E-state index in [0.29, 0.717) is 29.2 Å². The van der Waals surface area contributed by atoms with Crippen molar-refractivity contribution in [3.63, 3.8) is 0 Å². The number of ether oxygens (including phenoxy) is 1. The van der Waals surface area contributed by atoms with E-state index in [1.165, 1.54) is 42.3 Å². The Balaban J connectivity index is 0.00000272. The summed E-state index contributed by atoms with van der Waals surface area (Å²) in [6, 6.07) is 12.9. The summed E-state index contributed by atoms with van der Waals surface area (Å²) in [5, 5.41) is 4.20. The van der Waals surface area contributed by atoms with E-state index in [2.05, 4.69) is 10.00 Å². The third-order valence-corrected chi connectivity index (χ3v) is 5.34. The van der Waals surface area contributed by atoms with Gasteiger partial charge in [0, 0.05) is 12.1 Å². The van der Waals surface area contributed by atoms with Crippen LogP contribution in [0.2, 0.25) is 0 Å². The summed E-state index contributed by atoms with van der Waals surface area (Å²) < 4.78 is 20.5. The first-order valence-electron chi connectivity index (χ1n) is 10.2. The van der Waals surface area contributed by atoms with Crippen molar-refractivity contribution in [2.24, 2.45) is 0 Å². The number of nitrogen functional groups attached to an aromatic ring is 1. The Morgan fingerprint density at radius 3 is 2.58 bits per heavy atom. The van der Waals surface area contributed by atoms with Crippen molar-refractivity contribution in [3.8, 4) is 11.4 Å². The average Bonchev–Trinajstić information content (AvgIpc) is 3.16. The number of likely N-dealkylation sites (tertiary alicyclic amines) is 1. The number of carbonyl (C=O) groups is 1. The zero-order valence-electron chi connectivity index (χ0n) is 17.2. The van der Waals surface area contributed by atoms with E-state index in [4.69, 9.17) is 10.5 Å². The van der Waals surface area contributed by atoms with Crippen molar-refractivity contribution in [3.05, 3.63) is 71.7 Å². The highest BCUT2D eigenvalue weighted by Gasteiger charge is 2.18. The molecular formula is C23H26ClFN4O2. The van der Waals surface area contributed by atoms with E-state index in [1.54, 1.807) is 30.3 Å². The summed E-state index contributed by atoms with van der Waals surface area (Å²) in [6.45, 7) is 3.72. The minimum atomic E-state index is -0.349. The van der Waals surface area contributed by atoms with Crippen molar-refractivity contribution >= 4 is 24.0 Å². The van der Waals surface area contributed by atoms with Crippen molar-refractivity contribution in [2.75, 3.05) is 32.0 Å². The molecule has 2 aromatic carbocycles. The van der Waals surface area contributed by atoms with Gasteiger partial charge in [0.05, 0.1) is 17.4 Å². The Morgan fingerprint density at radius 1 is 1.10 bits per heavy atom. The summed E-state index contributed by atoms with van der Waals surface area (Å²) in [7, 11) is 0. The minimum Gasteiger partial charge on any atom is -0.492 e. The van der Waals surface area contributed by atoms with Crippen LogP contribution in [0.5, 0.6) is 5.75 Å². The second-order valence-electron chi connectivity index (χ2n) is 7.44. The van der Waals surface area contributed by atoms with Gasteiger partial charge in [-0.25, -0.2) is 9.07 Å². The lowest BCUT2D eigenvalue weighted by molar-refractivity contribution is 0.103. The molecule has 0 atom stereocenters. The molecule has 0 saturated carbocycles. The molecule has 164 valence electrons. The molecule has 0 radical (unpaired) electrons. The van der Waals surface area contributed by atoms with Gasteiger partial charge in [0.2, 0.25) is 0 Å². The number of rotatable bonds is 7. The van der Waals surface area contributed by atoms with E-state index in [1.807, 2.05) is 6.07 Å². The second kappa shape index (κ2) is 10.4. The number of aromatic nitrogens is 2. The normalized spacial score (nSPS) is 14.1. The topological polar surface area (TPSA) is 73.4 Å². The van der Waals surface area contributed by atoms with Gasteiger partial charge in [-0.1, -0.05) is 18.6 Å². The smallest absolute Gasteiger partial charge is 0.198 e. The molecule has 1 aliphatic heterocycles. The van der Waals surface area contributed by atoms with Crippen molar-refractivity contribution < 1.29 is 13.9 Å². The van der Waals surface area contributed by atoms with Crippen LogP contribution >= 0.6 is 12.4 Å². The largest absolute Gasteiger partial charge is 0.492 e. The van der Waals surface area contributed by atoms with Gasteiger partial charge in [-0.15, -0.1) is 12.4 Å². The van der Waals surface area contributed by atoms with Crippen LogP contribution in [0, 0.1) is 5.82 Å². The van der Waals surface area contributed by atoms with E-state index in [0.717, 1.165) is 19.6 Å². The predicted octanol–water partition coefficient (Wildman–Crippen LogP) is 4.11. The van der Waals surface area contributed by atoms with Crippen LogP contribution in [0.15, 0.2) is 54.7 Å². The first kappa shape index (κ1) is 22.8. The number of hydrogen-bond acceptors (Lipinski definition) is 5. The molecule has 4 rings (SSSR count). The molecule has 2 N–H and O–H groups in total. The second-order valence-corrected chi connectivity index (χ2v) is 7.44. The van der Waals surface area contributed by atoms with Crippen LogP contribution in [0.1, 0.15) is 35.2 Å². The van der Waals surface area contributed by atoms with Crippen LogP contribution in [-0.4, -0.2) is 46.7 Å². The molecule has 8 heteroatoms. The third-order valence-electron chi connectivity index (χ3n) is 5.34. The summed E-state index contributed by atoms with van der Waals surface area (Å²) >= 11 is 0. The average molecular weight is 445 g/mol. The highest BCUT2D eigenvalue weighted by Crippen LogP contribution is 2.22. The van der Waals surface area contributed by atoms with E-state index >= 15 is 0 Å². The first-order valence-corrected chi connectivity index (χ1v) is 10.2. The van der Waals surface area contributed by atoms with Crippen LogP contribution < -0.4 is 10.5 Å². The van der Waals surface area contributed by atoms with Gasteiger partial charge in [-0.3, -0.25) is 9.69 Å². The number of benzene rings is 2. The number of piperidine rings is 1. The summed E-state index contributed by atoms with van der Waals surface area (Å²) in [6.07, 6.45) is 5.24. The molecule has 0 aliphatic carbocycles. The minimum absolute atomic E-state index is 0. The highest BCUT2D eigenvalue weighted by atomic mass is 35.5. The predicted molar refractivity (Wildman–Crippen MR) is 121 cm³/mol. The number of nitrogens with zero attached hydrogens (tertiary/aromatic N) is 3. The Kier molecular flexibility index (Phi) is 7.65. The quantitative estimate of drug-likeness (QED) is 0.555. The fourth-order valence-electron chi connectivity index (χ4n) is 3.68. The number of nitrogens with two attached hydrogens (primary N) is 1. The van der Waals surface area contributed by atoms with Crippen LogP contribution in [0.25, 0.3) is 5.69 Å². The maximum atomic E-state index is 13.2. The fraction of sp³-hybridized carbons (Fsp3) is 0.304. The van der Waals surface area contributed by atoms with E-state index < -0.39 is 0 Å². The van der Waals surface area contributed by atoms with Crippen molar-refractivity contribution in [2.45, 2.75) is 19.3 Å². The molecule has 0 amide bonds. The fourth-order valence-corrected chi connectivity index (χ4v) is 3.68. The molecule has 0 spiro atoms. The summed E-state index contributed by atoms with van der Waals surface area (Å²) in [4.78, 5) is 15.4. The zero-order valence-corrected chi connectivity index (χ0v) is 18.0. The van der Waals surface area contributed by atoms with Crippen molar-refractivity contribution in [1.29, 1.82) is 0 Å². The van der Waals surface area contributed by atoms with Crippen LogP contribution in [0.3, 0.4) is 0 Å². The number of halogens is 2. The molecule has 0 unspecified atom stereocenters. The molecule has 6 nitrogen and oxygen atoms in total. The monoisotopic (exact) mass is 444 g/mol. The lowest BCUT2D eigenvalue weighted by Gasteiger charge is -2.26. The Hall–Kier alpha value is -2.90. The Bertz CT molecular complexity index is 1020. The first-order chi connectivity index (χ1) is 14.6. The van der Waals surface area contributed by atoms with Gasteiger partial charge in [0.1, 0.15) is 24.0 Å². The molecule has 31 heavy (non-hydrogen) atoms. The third kappa shape index (κ3) is 5.42. The Labute approximate surface area is 187 Å². The molecule has 1 fully saturated rings. The van der Waals surface area contributed by atoms with Gasteiger partial charge < -0.3 is 10.5 Å². The van der Waals surface area contributed by atoms with Crippen molar-refractivity contribution in [1.82, 2.24) is 14.7 Å². The molecular weight excluding hydrogens is 419 g/mol. The molecule has 0 bridgehead atoms. The van der Waals surface area contributed by atoms with E-state index in [-0.39, 0.29) is 29.8 Å². The number of hydrogen-bond donors (Lipinski definition) is 1. The van der Waals surface area contributed by atoms with Gasteiger partial charge in [-0.2, -0.15) is 5.10 Å². The lowest BCUT2D eigenvalue weighted by atomic mass is 10.1. The van der Waals surface area contributed by atoms with Gasteiger partial charge >= 0.3 is 0 Å². The standard InChI is InChI=1S/C23H25FN4O2.ClH/c24-18-7-9-19(10-8-18)28-23(25)21(16-26-28)22(29)17-5-4-6-20(15-17)30-14-13-27-11-2-1-3-12-27;/h4-10,15-16H,1-3,11-14,25H2;1H. The number of carbonyl (C=O) groups excluding carboxylic acids is 1.